The number of rotatable bonds is 5. The molecule has 1 aliphatic rings. The lowest BCUT2D eigenvalue weighted by molar-refractivity contribution is -0.128. The highest BCUT2D eigenvalue weighted by Gasteiger charge is 2.21. The first kappa shape index (κ1) is 19.8. The van der Waals surface area contributed by atoms with Gasteiger partial charge in [0, 0.05) is 6.04 Å². The fourth-order valence-corrected chi connectivity index (χ4v) is 2.75. The summed E-state index contributed by atoms with van der Waals surface area (Å²) in [5.41, 5.74) is 2.29. The van der Waals surface area contributed by atoms with E-state index in [0.717, 1.165) is 42.8 Å². The minimum absolute atomic E-state index is 0. The second kappa shape index (κ2) is 9.14. The van der Waals surface area contributed by atoms with Crippen LogP contribution in [0.3, 0.4) is 0 Å². The molecule has 0 saturated carbocycles. The van der Waals surface area contributed by atoms with E-state index in [-0.39, 0.29) is 24.4 Å². The molecule has 1 aromatic rings. The molecule has 1 unspecified atom stereocenters. The Morgan fingerprint density at radius 1 is 1.26 bits per heavy atom. The molecule has 0 aliphatic carbocycles. The molecule has 130 valence electrons. The van der Waals surface area contributed by atoms with Crippen molar-refractivity contribution in [1.29, 1.82) is 0 Å². The molecule has 1 aromatic carbocycles. The number of amides is 1. The van der Waals surface area contributed by atoms with Gasteiger partial charge < -0.3 is 15.4 Å². The highest BCUT2D eigenvalue weighted by Crippen LogP contribution is 2.28. The molecule has 1 fully saturated rings. The molecular formula is C18H29ClN2O2. The number of carbonyl (C=O) groups excluding carboxylic acids is 1. The van der Waals surface area contributed by atoms with Crippen LogP contribution in [-0.2, 0) is 4.79 Å². The zero-order chi connectivity index (χ0) is 16.1. The van der Waals surface area contributed by atoms with Crippen LogP contribution in [0.4, 0.5) is 0 Å². The zero-order valence-corrected chi connectivity index (χ0v) is 15.3. The summed E-state index contributed by atoms with van der Waals surface area (Å²) in [6.07, 6.45) is 1.49. The van der Waals surface area contributed by atoms with Gasteiger partial charge in [-0.25, -0.2) is 0 Å². The number of hydrogen-bond acceptors (Lipinski definition) is 3. The molecule has 0 bridgehead atoms. The predicted molar refractivity (Wildman–Crippen MR) is 96.6 cm³/mol. The van der Waals surface area contributed by atoms with E-state index in [0.29, 0.717) is 5.92 Å². The van der Waals surface area contributed by atoms with Crippen molar-refractivity contribution in [2.45, 2.75) is 58.6 Å². The molecule has 23 heavy (non-hydrogen) atoms. The topological polar surface area (TPSA) is 50.4 Å². The number of nitrogens with one attached hydrogen (secondary N) is 2. The van der Waals surface area contributed by atoms with Gasteiger partial charge in [-0.15, -0.1) is 12.4 Å². The van der Waals surface area contributed by atoms with Gasteiger partial charge in [-0.2, -0.15) is 0 Å². The van der Waals surface area contributed by atoms with Crippen molar-refractivity contribution < 1.29 is 9.53 Å². The fourth-order valence-electron chi connectivity index (χ4n) is 2.75. The van der Waals surface area contributed by atoms with Crippen LogP contribution in [-0.4, -0.2) is 31.1 Å². The van der Waals surface area contributed by atoms with E-state index in [1.165, 1.54) is 0 Å². The minimum Gasteiger partial charge on any atom is -0.481 e. The summed E-state index contributed by atoms with van der Waals surface area (Å²) in [4.78, 5) is 12.3. The van der Waals surface area contributed by atoms with Crippen molar-refractivity contribution in [3.05, 3.63) is 29.3 Å². The third-order valence-corrected chi connectivity index (χ3v) is 4.15. The fraction of sp³-hybridized carbons (Fsp3) is 0.611. The van der Waals surface area contributed by atoms with E-state index < -0.39 is 6.10 Å². The molecule has 1 amide bonds. The normalized spacial score (nSPS) is 16.6. The molecule has 2 rings (SSSR count). The van der Waals surface area contributed by atoms with E-state index >= 15 is 0 Å². The molecule has 0 spiro atoms. The summed E-state index contributed by atoms with van der Waals surface area (Å²) in [7, 11) is 0. The third-order valence-electron chi connectivity index (χ3n) is 4.15. The maximum Gasteiger partial charge on any atom is 0.260 e. The average molecular weight is 341 g/mol. The quantitative estimate of drug-likeness (QED) is 0.865. The van der Waals surface area contributed by atoms with Crippen LogP contribution in [0.2, 0.25) is 0 Å². The van der Waals surface area contributed by atoms with Crippen LogP contribution in [0.1, 0.15) is 50.7 Å². The standard InChI is InChI=1S/C18H28N2O2.ClH/c1-12(2)16-6-5-13(3)11-17(16)22-14(4)18(21)20-15-7-9-19-10-8-15;/h5-6,11-12,14-15,19H,7-10H2,1-4H3,(H,20,21);1H. The average Bonchev–Trinajstić information content (AvgIpc) is 2.48. The van der Waals surface area contributed by atoms with Crippen molar-refractivity contribution >= 4 is 18.3 Å². The van der Waals surface area contributed by atoms with Gasteiger partial charge in [0.05, 0.1) is 0 Å². The van der Waals surface area contributed by atoms with E-state index in [9.17, 15) is 4.79 Å². The van der Waals surface area contributed by atoms with Crippen LogP contribution < -0.4 is 15.4 Å². The first-order chi connectivity index (χ1) is 10.5. The van der Waals surface area contributed by atoms with E-state index in [1.807, 2.05) is 19.9 Å². The number of ether oxygens (including phenoxy) is 1. The van der Waals surface area contributed by atoms with Crippen LogP contribution in [0.25, 0.3) is 0 Å². The van der Waals surface area contributed by atoms with Crippen LogP contribution in [0.5, 0.6) is 5.75 Å². The van der Waals surface area contributed by atoms with Gasteiger partial charge in [0.25, 0.3) is 5.91 Å². The Balaban J connectivity index is 0.00000264. The van der Waals surface area contributed by atoms with E-state index in [2.05, 4.69) is 36.6 Å². The molecule has 5 heteroatoms. The summed E-state index contributed by atoms with van der Waals surface area (Å²) in [6, 6.07) is 6.46. The summed E-state index contributed by atoms with van der Waals surface area (Å²) in [6.45, 7) is 10.1. The summed E-state index contributed by atoms with van der Waals surface area (Å²) >= 11 is 0. The third kappa shape index (κ3) is 5.70. The molecule has 0 radical (unpaired) electrons. The second-order valence-electron chi connectivity index (χ2n) is 6.49. The second-order valence-corrected chi connectivity index (χ2v) is 6.49. The maximum absolute atomic E-state index is 12.3. The highest BCUT2D eigenvalue weighted by atomic mass is 35.5. The van der Waals surface area contributed by atoms with Crippen molar-refractivity contribution in [2.24, 2.45) is 0 Å². The van der Waals surface area contributed by atoms with Gasteiger partial charge in [-0.1, -0.05) is 26.0 Å². The van der Waals surface area contributed by atoms with Crippen molar-refractivity contribution in [1.82, 2.24) is 10.6 Å². The summed E-state index contributed by atoms with van der Waals surface area (Å²) < 4.78 is 5.96. The maximum atomic E-state index is 12.3. The van der Waals surface area contributed by atoms with Gasteiger partial charge in [-0.05, 0) is 62.9 Å². The van der Waals surface area contributed by atoms with Gasteiger partial charge >= 0.3 is 0 Å². The first-order valence-electron chi connectivity index (χ1n) is 8.25. The Labute approximate surface area is 145 Å². The Hall–Kier alpha value is -1.26. The smallest absolute Gasteiger partial charge is 0.260 e. The molecule has 0 aromatic heterocycles. The number of benzene rings is 1. The number of hydrogen-bond donors (Lipinski definition) is 2. The lowest BCUT2D eigenvalue weighted by atomic mass is 10.0. The highest BCUT2D eigenvalue weighted by molar-refractivity contribution is 5.85. The Morgan fingerprint density at radius 3 is 2.52 bits per heavy atom. The lowest BCUT2D eigenvalue weighted by Gasteiger charge is -2.26. The molecule has 1 heterocycles. The van der Waals surface area contributed by atoms with Gasteiger partial charge in [0.15, 0.2) is 6.10 Å². The lowest BCUT2D eigenvalue weighted by Crippen LogP contribution is -2.47. The van der Waals surface area contributed by atoms with Crippen molar-refractivity contribution in [3.63, 3.8) is 0 Å². The van der Waals surface area contributed by atoms with Crippen LogP contribution in [0, 0.1) is 6.92 Å². The van der Waals surface area contributed by atoms with E-state index in [4.69, 9.17) is 4.74 Å². The molecule has 4 nitrogen and oxygen atoms in total. The number of carbonyl (C=O) groups is 1. The van der Waals surface area contributed by atoms with Crippen LogP contribution >= 0.6 is 12.4 Å². The number of aryl methyl sites for hydroxylation is 1. The Morgan fingerprint density at radius 2 is 1.91 bits per heavy atom. The Bertz CT molecular complexity index is 514. The molecule has 1 aliphatic heterocycles. The zero-order valence-electron chi connectivity index (χ0n) is 14.5. The SMILES string of the molecule is Cc1ccc(C(C)C)c(OC(C)C(=O)NC2CCNCC2)c1.Cl. The number of piperidine rings is 1. The monoisotopic (exact) mass is 340 g/mol. The first-order valence-corrected chi connectivity index (χ1v) is 8.25. The molecule has 1 atom stereocenters. The minimum atomic E-state index is -0.478. The Kier molecular flexibility index (Phi) is 7.86. The summed E-state index contributed by atoms with van der Waals surface area (Å²) in [5, 5.41) is 6.40. The summed E-state index contributed by atoms with van der Waals surface area (Å²) in [5.74, 6) is 1.17. The van der Waals surface area contributed by atoms with Gasteiger partial charge in [0.1, 0.15) is 5.75 Å². The molecular weight excluding hydrogens is 312 g/mol. The van der Waals surface area contributed by atoms with Crippen LogP contribution in [0.15, 0.2) is 18.2 Å². The molecule has 1 saturated heterocycles. The van der Waals surface area contributed by atoms with Crippen molar-refractivity contribution in [2.75, 3.05) is 13.1 Å². The number of halogens is 1. The molecule has 2 N–H and O–H groups in total. The van der Waals surface area contributed by atoms with E-state index in [1.54, 1.807) is 0 Å². The largest absolute Gasteiger partial charge is 0.481 e. The predicted octanol–water partition coefficient (Wildman–Crippen LogP) is 3.18. The van der Waals surface area contributed by atoms with Gasteiger partial charge in [0.2, 0.25) is 0 Å². The van der Waals surface area contributed by atoms with Gasteiger partial charge in [-0.3, -0.25) is 4.79 Å². The van der Waals surface area contributed by atoms with Crippen molar-refractivity contribution in [3.8, 4) is 5.75 Å².